The molecule has 16 rings (SSSR count). The molecule has 0 saturated carbocycles. The van der Waals surface area contributed by atoms with Crippen molar-refractivity contribution >= 4 is 111 Å². The Balaban J connectivity index is 0.911. The Labute approximate surface area is 507 Å². The number of rotatable bonds is 14. The van der Waals surface area contributed by atoms with Gasteiger partial charge in [0.15, 0.2) is 0 Å². The van der Waals surface area contributed by atoms with Gasteiger partial charge in [-0.25, -0.2) is 0 Å². The second-order valence-electron chi connectivity index (χ2n) is 22.5. The average Bonchev–Trinajstić information content (AvgIpc) is 1.53. The molecule has 0 N–H and O–H groups in total. The molecule has 0 bridgehead atoms. The first-order chi connectivity index (χ1) is 43.1. The molecule has 4 nitrogen and oxygen atoms in total. The molecular weight excluding hydrogens is 1050 g/mol. The van der Waals surface area contributed by atoms with Crippen LogP contribution in [0.1, 0.15) is 22.3 Å². The zero-order chi connectivity index (χ0) is 57.7. The lowest BCUT2D eigenvalue weighted by atomic mass is 9.67. The smallest absolute Gasteiger partial charge is 0.0715 e. The highest BCUT2D eigenvalue weighted by Crippen LogP contribution is 2.59. The molecule has 87 heavy (non-hydrogen) atoms. The highest BCUT2D eigenvalue weighted by atomic mass is 15.2. The van der Waals surface area contributed by atoms with E-state index >= 15 is 0 Å². The predicted octanol–water partition coefficient (Wildman–Crippen LogP) is 22.9. The molecule has 0 radical (unpaired) electrons. The molecule has 410 valence electrons. The van der Waals surface area contributed by atoms with Gasteiger partial charge in [-0.15, -0.1) is 0 Å². The first kappa shape index (κ1) is 51.2. The van der Waals surface area contributed by atoms with E-state index in [2.05, 4.69) is 371 Å². The SMILES string of the molecule is c1ccc(N(c2ccccc2)c2ccc(N(c3ccc4ccccc4c3)c3cc4c5c(ccc6cc(N(c7ccc(N(c8ccccc8)c8ccccc8)cc7)c7ccc8ccccc8c7)cc(c65)C4(c4ccccc4)c4ccccc4)c3)cc2)cc1. The molecule has 0 aliphatic heterocycles. The van der Waals surface area contributed by atoms with E-state index < -0.39 is 5.41 Å². The summed E-state index contributed by atoms with van der Waals surface area (Å²) >= 11 is 0. The largest absolute Gasteiger partial charge is 0.311 e. The summed E-state index contributed by atoms with van der Waals surface area (Å²) < 4.78 is 0. The van der Waals surface area contributed by atoms with Crippen molar-refractivity contribution in [3.8, 4) is 0 Å². The van der Waals surface area contributed by atoms with Crippen LogP contribution in [0.4, 0.5) is 68.2 Å². The van der Waals surface area contributed by atoms with E-state index in [1.165, 1.54) is 65.3 Å². The number of anilines is 12. The van der Waals surface area contributed by atoms with Gasteiger partial charge in [-0.3, -0.25) is 0 Å². The molecule has 0 spiro atoms. The van der Waals surface area contributed by atoms with E-state index in [0.29, 0.717) is 0 Å². The lowest BCUT2D eigenvalue weighted by Gasteiger charge is -2.36. The fourth-order valence-electron chi connectivity index (χ4n) is 13.7. The van der Waals surface area contributed by atoms with Crippen LogP contribution in [0, 0.1) is 0 Å². The van der Waals surface area contributed by atoms with Crippen LogP contribution in [0.25, 0.3) is 43.1 Å². The summed E-state index contributed by atoms with van der Waals surface area (Å²) in [5.74, 6) is 0. The standard InChI is InChI=1S/C83H58N4/c1-7-27-65(28-8-1)83(66-29-9-2-10-30-66)79-57-77(86(75-43-41-59-23-19-21-25-61(59)53-75)73-49-45-71(46-50-73)84(67-31-11-3-12-32-67)68-33-13-4-14-34-68)55-63-39-40-64-56-78(58-80(83)82(64)81(63)79)87(76-44-42-60-24-20-22-26-62(60)54-76)74-51-47-72(48-52-74)85(69-35-15-5-16-36-69)70-37-17-6-18-38-70/h1-58H. The number of fused-ring (bicyclic) bond motifs is 2. The second kappa shape index (κ2) is 21.6. The number of hydrogen-bond donors (Lipinski definition) is 0. The summed E-state index contributed by atoms with van der Waals surface area (Å²) in [5.41, 5.74) is 17.1. The molecule has 4 heteroatoms. The maximum absolute atomic E-state index is 2.51. The zero-order valence-corrected chi connectivity index (χ0v) is 47.8. The maximum Gasteiger partial charge on any atom is 0.0715 e. The molecule has 1 aliphatic carbocycles. The lowest BCUT2D eigenvalue weighted by molar-refractivity contribution is 0.771. The third-order valence-corrected chi connectivity index (χ3v) is 17.5. The van der Waals surface area contributed by atoms with Crippen molar-refractivity contribution in [2.75, 3.05) is 19.6 Å². The predicted molar refractivity (Wildman–Crippen MR) is 367 cm³/mol. The van der Waals surface area contributed by atoms with Gasteiger partial charge in [0, 0.05) is 68.2 Å². The van der Waals surface area contributed by atoms with Crippen LogP contribution < -0.4 is 19.6 Å². The molecule has 1 aliphatic rings. The van der Waals surface area contributed by atoms with Gasteiger partial charge in [0.1, 0.15) is 0 Å². The first-order valence-corrected chi connectivity index (χ1v) is 29.9. The Morgan fingerprint density at radius 1 is 0.161 bits per heavy atom. The Kier molecular flexibility index (Phi) is 12.7. The Hall–Kier alpha value is -11.5. The summed E-state index contributed by atoms with van der Waals surface area (Å²) in [5, 5.41) is 9.66. The minimum atomic E-state index is -0.746. The van der Waals surface area contributed by atoms with Crippen molar-refractivity contribution in [3.05, 3.63) is 374 Å². The summed E-state index contributed by atoms with van der Waals surface area (Å²) in [6.45, 7) is 0. The number of hydrogen-bond acceptors (Lipinski definition) is 4. The van der Waals surface area contributed by atoms with Gasteiger partial charge in [-0.1, -0.05) is 206 Å². The van der Waals surface area contributed by atoms with Gasteiger partial charge in [0.25, 0.3) is 0 Å². The molecule has 15 aromatic carbocycles. The second-order valence-corrected chi connectivity index (χ2v) is 22.5. The van der Waals surface area contributed by atoms with Crippen LogP contribution in [0.15, 0.2) is 352 Å². The maximum atomic E-state index is 2.51. The highest BCUT2D eigenvalue weighted by molar-refractivity contribution is 6.18. The summed E-state index contributed by atoms with van der Waals surface area (Å²) in [6.07, 6.45) is 0. The monoisotopic (exact) mass is 1110 g/mol. The van der Waals surface area contributed by atoms with Crippen LogP contribution in [0.2, 0.25) is 0 Å². The summed E-state index contributed by atoms with van der Waals surface area (Å²) in [7, 11) is 0. The number of nitrogens with zero attached hydrogens (tertiary/aromatic N) is 4. The average molecular weight is 1110 g/mol. The van der Waals surface area contributed by atoms with Crippen LogP contribution >= 0.6 is 0 Å². The first-order valence-electron chi connectivity index (χ1n) is 29.9. The summed E-state index contributed by atoms with van der Waals surface area (Å²) in [6, 6.07) is 129. The Morgan fingerprint density at radius 3 is 0.713 bits per heavy atom. The van der Waals surface area contributed by atoms with E-state index in [1.807, 2.05) is 0 Å². The van der Waals surface area contributed by atoms with Gasteiger partial charge >= 0.3 is 0 Å². The van der Waals surface area contributed by atoms with Crippen molar-refractivity contribution < 1.29 is 0 Å². The molecule has 0 fully saturated rings. The van der Waals surface area contributed by atoms with Gasteiger partial charge in [-0.2, -0.15) is 0 Å². The topological polar surface area (TPSA) is 13.0 Å². The van der Waals surface area contributed by atoms with Gasteiger partial charge in [0.05, 0.1) is 5.41 Å². The van der Waals surface area contributed by atoms with Gasteiger partial charge < -0.3 is 19.6 Å². The lowest BCUT2D eigenvalue weighted by Crippen LogP contribution is -2.29. The number of para-hydroxylation sites is 4. The fraction of sp³-hybridized carbons (Fsp3) is 0.0120. The van der Waals surface area contributed by atoms with E-state index in [0.717, 1.165) is 68.2 Å². The molecule has 0 saturated heterocycles. The molecule has 0 amide bonds. The van der Waals surface area contributed by atoms with Crippen LogP contribution in [-0.2, 0) is 5.41 Å². The van der Waals surface area contributed by atoms with Crippen molar-refractivity contribution in [2.45, 2.75) is 5.41 Å². The van der Waals surface area contributed by atoms with E-state index in [-0.39, 0.29) is 0 Å². The summed E-state index contributed by atoms with van der Waals surface area (Å²) in [4.78, 5) is 9.58. The van der Waals surface area contributed by atoms with Crippen molar-refractivity contribution in [2.24, 2.45) is 0 Å². The minimum absolute atomic E-state index is 0.746. The third kappa shape index (κ3) is 8.93. The molecule has 0 atom stereocenters. The Morgan fingerprint density at radius 2 is 0.391 bits per heavy atom. The van der Waals surface area contributed by atoms with Crippen LogP contribution in [-0.4, -0.2) is 0 Å². The third-order valence-electron chi connectivity index (χ3n) is 17.5. The van der Waals surface area contributed by atoms with Crippen molar-refractivity contribution in [1.29, 1.82) is 0 Å². The minimum Gasteiger partial charge on any atom is -0.311 e. The molecule has 15 aromatic rings. The zero-order valence-electron chi connectivity index (χ0n) is 47.8. The van der Waals surface area contributed by atoms with Gasteiger partial charge in [-0.05, 0) is 211 Å². The van der Waals surface area contributed by atoms with Crippen molar-refractivity contribution in [3.63, 3.8) is 0 Å². The fourth-order valence-corrected chi connectivity index (χ4v) is 13.7. The van der Waals surface area contributed by atoms with Crippen molar-refractivity contribution in [1.82, 2.24) is 0 Å². The van der Waals surface area contributed by atoms with Crippen LogP contribution in [0.3, 0.4) is 0 Å². The molecule has 0 heterocycles. The molecule has 0 aromatic heterocycles. The number of benzene rings is 15. The van der Waals surface area contributed by atoms with E-state index in [1.54, 1.807) is 0 Å². The highest BCUT2D eigenvalue weighted by Gasteiger charge is 2.46. The van der Waals surface area contributed by atoms with Crippen LogP contribution in [0.5, 0.6) is 0 Å². The molecule has 0 unspecified atom stereocenters. The van der Waals surface area contributed by atoms with E-state index in [4.69, 9.17) is 0 Å². The normalized spacial score (nSPS) is 12.2. The quantitative estimate of drug-likeness (QED) is 0.101. The molecular formula is C83H58N4. The Bertz CT molecular complexity index is 4570. The van der Waals surface area contributed by atoms with E-state index in [9.17, 15) is 0 Å². The van der Waals surface area contributed by atoms with Gasteiger partial charge in [0.2, 0.25) is 0 Å².